The molecule has 0 amide bonds. The lowest BCUT2D eigenvalue weighted by Gasteiger charge is -2.42. The van der Waals surface area contributed by atoms with Crippen LogP contribution in [0.2, 0.25) is 0 Å². The van der Waals surface area contributed by atoms with Crippen LogP contribution in [0.4, 0.5) is 0 Å². The van der Waals surface area contributed by atoms with Gasteiger partial charge in [-0.3, -0.25) is 4.90 Å². The summed E-state index contributed by atoms with van der Waals surface area (Å²) in [5.41, 5.74) is 4.07. The van der Waals surface area contributed by atoms with Crippen LogP contribution in [-0.2, 0) is 16.9 Å². The summed E-state index contributed by atoms with van der Waals surface area (Å²) in [7, 11) is 0. The number of hydrogen-bond acceptors (Lipinski definition) is 3. The van der Waals surface area contributed by atoms with Crippen molar-refractivity contribution >= 4 is 17.4 Å². The zero-order valence-electron chi connectivity index (χ0n) is 12.0. The standard InChI is InChI=1S/C18H19NOS/c1-2-4-15(5-3-1)12-19-9-7-18(8-10-19)17-14-21-13-16(17)6-11-20-18/h1-6,11,13-14H,7-10,12H2. The number of fused-ring (bicyclic) bond motifs is 2. The summed E-state index contributed by atoms with van der Waals surface area (Å²) in [5.74, 6) is 0. The van der Waals surface area contributed by atoms with Crippen molar-refractivity contribution in [2.75, 3.05) is 13.1 Å². The molecule has 0 unspecified atom stereocenters. The van der Waals surface area contributed by atoms with Crippen molar-refractivity contribution in [2.45, 2.75) is 25.0 Å². The minimum atomic E-state index is -0.0722. The molecule has 4 rings (SSSR count). The molecule has 3 heterocycles. The van der Waals surface area contributed by atoms with Crippen molar-refractivity contribution < 1.29 is 4.74 Å². The highest BCUT2D eigenvalue weighted by atomic mass is 32.1. The minimum absolute atomic E-state index is 0.0722. The third-order valence-corrected chi connectivity index (χ3v) is 5.40. The van der Waals surface area contributed by atoms with Gasteiger partial charge in [-0.05, 0) is 28.0 Å². The molecule has 2 aliphatic rings. The van der Waals surface area contributed by atoms with Crippen LogP contribution in [0.3, 0.4) is 0 Å². The van der Waals surface area contributed by atoms with E-state index in [1.54, 1.807) is 11.3 Å². The summed E-state index contributed by atoms with van der Waals surface area (Å²) in [6, 6.07) is 10.7. The van der Waals surface area contributed by atoms with Gasteiger partial charge in [0.1, 0.15) is 5.60 Å². The maximum absolute atomic E-state index is 6.09. The normalized spacial score (nSPS) is 20.2. The summed E-state index contributed by atoms with van der Waals surface area (Å²) in [4.78, 5) is 2.54. The molecule has 0 bridgehead atoms. The van der Waals surface area contributed by atoms with Crippen molar-refractivity contribution in [3.8, 4) is 0 Å². The van der Waals surface area contributed by atoms with E-state index in [2.05, 4.69) is 52.1 Å². The molecule has 0 N–H and O–H groups in total. The molecule has 1 saturated heterocycles. The summed E-state index contributed by atoms with van der Waals surface area (Å²) in [6.07, 6.45) is 6.14. The van der Waals surface area contributed by atoms with E-state index in [1.165, 1.54) is 16.7 Å². The molecule has 1 spiro atoms. The van der Waals surface area contributed by atoms with Gasteiger partial charge in [0.2, 0.25) is 0 Å². The predicted octanol–water partition coefficient (Wildman–Crippen LogP) is 4.24. The molecule has 1 aromatic carbocycles. The van der Waals surface area contributed by atoms with Gasteiger partial charge in [0.15, 0.2) is 0 Å². The van der Waals surface area contributed by atoms with E-state index < -0.39 is 0 Å². The first-order chi connectivity index (χ1) is 10.4. The van der Waals surface area contributed by atoms with Gasteiger partial charge in [0.05, 0.1) is 6.26 Å². The van der Waals surface area contributed by atoms with Crippen molar-refractivity contribution in [3.63, 3.8) is 0 Å². The molecular formula is C18H19NOS. The van der Waals surface area contributed by atoms with Gasteiger partial charge in [0.25, 0.3) is 0 Å². The van der Waals surface area contributed by atoms with Crippen LogP contribution >= 0.6 is 11.3 Å². The molecule has 0 radical (unpaired) electrons. The van der Waals surface area contributed by atoms with E-state index in [-0.39, 0.29) is 5.60 Å². The average Bonchev–Trinajstić information content (AvgIpc) is 3.01. The zero-order valence-corrected chi connectivity index (χ0v) is 12.8. The van der Waals surface area contributed by atoms with Crippen LogP contribution in [0, 0.1) is 0 Å². The van der Waals surface area contributed by atoms with Crippen LogP contribution in [0.25, 0.3) is 6.08 Å². The summed E-state index contributed by atoms with van der Waals surface area (Å²) in [6.45, 7) is 3.24. The lowest BCUT2D eigenvalue weighted by molar-refractivity contribution is -0.0410. The SMILES string of the molecule is C1=Cc2cscc2C2(CCN(Cc3ccccc3)CC2)O1. The van der Waals surface area contributed by atoms with Gasteiger partial charge < -0.3 is 4.74 Å². The molecular weight excluding hydrogens is 278 g/mol. The van der Waals surface area contributed by atoms with Crippen molar-refractivity contribution in [1.82, 2.24) is 4.90 Å². The number of likely N-dealkylation sites (tertiary alicyclic amines) is 1. The highest BCUT2D eigenvalue weighted by Crippen LogP contribution is 2.43. The van der Waals surface area contributed by atoms with Gasteiger partial charge >= 0.3 is 0 Å². The molecule has 2 nitrogen and oxygen atoms in total. The second-order valence-electron chi connectivity index (χ2n) is 5.92. The summed E-state index contributed by atoms with van der Waals surface area (Å²) >= 11 is 1.78. The lowest BCUT2D eigenvalue weighted by atomic mass is 9.82. The second-order valence-corrected chi connectivity index (χ2v) is 6.66. The van der Waals surface area contributed by atoms with Gasteiger partial charge in [-0.15, -0.1) is 0 Å². The molecule has 2 aliphatic heterocycles. The van der Waals surface area contributed by atoms with Gasteiger partial charge in [0, 0.05) is 38.0 Å². The van der Waals surface area contributed by atoms with Crippen LogP contribution < -0.4 is 0 Å². The van der Waals surface area contributed by atoms with Gasteiger partial charge in [-0.1, -0.05) is 30.3 Å². The Bertz CT molecular complexity index is 638. The highest BCUT2D eigenvalue weighted by Gasteiger charge is 2.40. The van der Waals surface area contributed by atoms with Crippen LogP contribution in [0.1, 0.15) is 29.5 Å². The maximum atomic E-state index is 6.09. The Labute approximate surface area is 129 Å². The Morgan fingerprint density at radius 2 is 1.90 bits per heavy atom. The lowest BCUT2D eigenvalue weighted by Crippen LogP contribution is -2.43. The minimum Gasteiger partial charge on any atom is -0.490 e. The number of benzene rings is 1. The van der Waals surface area contributed by atoms with E-state index in [4.69, 9.17) is 4.74 Å². The molecule has 2 aromatic rings. The highest BCUT2D eigenvalue weighted by molar-refractivity contribution is 7.08. The van der Waals surface area contributed by atoms with Crippen molar-refractivity contribution in [2.24, 2.45) is 0 Å². The Hall–Kier alpha value is -1.58. The molecule has 1 fully saturated rings. The van der Waals surface area contributed by atoms with Crippen LogP contribution in [0.5, 0.6) is 0 Å². The molecule has 1 aromatic heterocycles. The summed E-state index contributed by atoms with van der Waals surface area (Å²) < 4.78 is 6.09. The fraction of sp³-hybridized carbons (Fsp3) is 0.333. The Kier molecular flexibility index (Phi) is 3.32. The third kappa shape index (κ3) is 2.41. The van der Waals surface area contributed by atoms with Crippen LogP contribution in [-0.4, -0.2) is 18.0 Å². The van der Waals surface area contributed by atoms with E-state index in [1.807, 2.05) is 6.26 Å². The third-order valence-electron chi connectivity index (χ3n) is 4.64. The van der Waals surface area contributed by atoms with Gasteiger partial charge in [-0.2, -0.15) is 11.3 Å². The fourth-order valence-electron chi connectivity index (χ4n) is 3.41. The molecule has 0 atom stereocenters. The number of rotatable bonds is 2. The number of hydrogen-bond donors (Lipinski definition) is 0. The van der Waals surface area contributed by atoms with Gasteiger partial charge in [-0.25, -0.2) is 0 Å². The molecule has 21 heavy (non-hydrogen) atoms. The quantitative estimate of drug-likeness (QED) is 0.822. The van der Waals surface area contributed by atoms with Crippen molar-refractivity contribution in [3.05, 3.63) is 64.0 Å². The number of ether oxygens (including phenoxy) is 1. The Morgan fingerprint density at radius 1 is 1.10 bits per heavy atom. The maximum Gasteiger partial charge on any atom is 0.137 e. The van der Waals surface area contributed by atoms with E-state index >= 15 is 0 Å². The fourth-order valence-corrected chi connectivity index (χ4v) is 4.32. The van der Waals surface area contributed by atoms with Crippen LogP contribution in [0.15, 0.2) is 47.4 Å². The number of piperidine rings is 1. The first-order valence-electron chi connectivity index (χ1n) is 7.53. The number of thiophene rings is 1. The first kappa shape index (κ1) is 13.1. The summed E-state index contributed by atoms with van der Waals surface area (Å²) in [5, 5.41) is 4.50. The smallest absolute Gasteiger partial charge is 0.137 e. The molecule has 0 aliphatic carbocycles. The molecule has 0 saturated carbocycles. The Balaban J connectivity index is 1.47. The zero-order chi connectivity index (χ0) is 14.1. The monoisotopic (exact) mass is 297 g/mol. The largest absolute Gasteiger partial charge is 0.490 e. The van der Waals surface area contributed by atoms with E-state index in [0.717, 1.165) is 32.5 Å². The number of nitrogens with zero attached hydrogens (tertiary/aromatic N) is 1. The first-order valence-corrected chi connectivity index (χ1v) is 8.47. The second kappa shape index (κ2) is 5.32. The molecule has 108 valence electrons. The predicted molar refractivity (Wildman–Crippen MR) is 87.1 cm³/mol. The van der Waals surface area contributed by atoms with Crippen molar-refractivity contribution in [1.29, 1.82) is 0 Å². The topological polar surface area (TPSA) is 12.5 Å². The average molecular weight is 297 g/mol. The Morgan fingerprint density at radius 3 is 2.71 bits per heavy atom. The van der Waals surface area contributed by atoms with E-state index in [0.29, 0.717) is 0 Å². The van der Waals surface area contributed by atoms with E-state index in [9.17, 15) is 0 Å². The molecule has 3 heteroatoms.